The molecule has 0 radical (unpaired) electrons. The minimum absolute atomic E-state index is 0.0283. The number of nitrogens with one attached hydrogen (secondary N) is 4. The topological polar surface area (TPSA) is 224 Å². The van der Waals surface area contributed by atoms with Crippen molar-refractivity contribution in [2.45, 2.75) is 76.7 Å². The number of aliphatic carboxylic acids is 2. The molecule has 5 unspecified atom stereocenters. The summed E-state index contributed by atoms with van der Waals surface area (Å²) < 4.78 is 0. The molecule has 9 N–H and O–H groups in total. The number of aliphatic hydroxyl groups is 1. The number of hydrogen-bond acceptors (Lipinski definition) is 7. The molecule has 0 fully saturated rings. The fraction of sp³-hybridized carbons (Fsp3) is 0.500. The lowest BCUT2D eigenvalue weighted by Crippen LogP contribution is -2.58. The van der Waals surface area contributed by atoms with Crippen LogP contribution >= 0.6 is 0 Å². The van der Waals surface area contributed by atoms with Gasteiger partial charge in [0.15, 0.2) is 0 Å². The number of benzene rings is 1. The fourth-order valence-electron chi connectivity index (χ4n) is 3.99. The van der Waals surface area contributed by atoms with Crippen LogP contribution in [-0.2, 0) is 30.4 Å². The van der Waals surface area contributed by atoms with Gasteiger partial charge in [0.25, 0.3) is 0 Å². The molecular weight excluding hydrogens is 510 g/mol. The molecule has 3 amide bonds. The number of rotatable bonds is 15. The first-order valence-corrected chi connectivity index (χ1v) is 12.6. The average Bonchev–Trinajstić information content (AvgIpc) is 3.27. The van der Waals surface area contributed by atoms with E-state index in [1.807, 2.05) is 24.3 Å². The maximum absolute atomic E-state index is 13.5. The highest BCUT2D eigenvalue weighted by Crippen LogP contribution is 2.19. The van der Waals surface area contributed by atoms with Crippen molar-refractivity contribution in [2.24, 2.45) is 11.7 Å². The summed E-state index contributed by atoms with van der Waals surface area (Å²) in [5, 5.41) is 36.3. The molecule has 13 heteroatoms. The zero-order valence-electron chi connectivity index (χ0n) is 22.1. The third-order valence-corrected chi connectivity index (χ3v) is 6.16. The number of para-hydroxylation sites is 1. The van der Waals surface area contributed by atoms with Crippen LogP contribution in [0, 0.1) is 5.92 Å². The summed E-state index contributed by atoms with van der Waals surface area (Å²) in [5.41, 5.74) is 7.29. The largest absolute Gasteiger partial charge is 0.481 e. The van der Waals surface area contributed by atoms with Crippen LogP contribution in [0.2, 0.25) is 0 Å². The molecule has 2 rings (SSSR count). The zero-order valence-corrected chi connectivity index (χ0v) is 22.1. The molecule has 1 heterocycles. The van der Waals surface area contributed by atoms with Crippen molar-refractivity contribution in [2.75, 3.05) is 0 Å². The SMILES string of the molecule is CC(C)CC(NC(=O)C(Cc1c[nH]c2ccccc12)NC(=O)C(N)C(C)O)C(=O)NC(CCC(=O)O)C(=O)O. The number of aliphatic hydroxyl groups excluding tert-OH is 1. The van der Waals surface area contributed by atoms with E-state index in [1.54, 1.807) is 20.0 Å². The minimum Gasteiger partial charge on any atom is -0.481 e. The van der Waals surface area contributed by atoms with Crippen molar-refractivity contribution in [3.05, 3.63) is 36.0 Å². The average molecular weight is 548 g/mol. The first-order valence-electron chi connectivity index (χ1n) is 12.6. The van der Waals surface area contributed by atoms with E-state index in [2.05, 4.69) is 20.9 Å². The first-order chi connectivity index (χ1) is 18.3. The summed E-state index contributed by atoms with van der Waals surface area (Å²) in [6.45, 7) is 4.95. The smallest absolute Gasteiger partial charge is 0.326 e. The van der Waals surface area contributed by atoms with Gasteiger partial charge in [-0.1, -0.05) is 32.0 Å². The molecule has 0 spiro atoms. The lowest BCUT2D eigenvalue weighted by molar-refractivity contribution is -0.143. The van der Waals surface area contributed by atoms with Crippen LogP contribution in [0.1, 0.15) is 45.6 Å². The number of carboxylic acid groups (broad SMARTS) is 2. The second kappa shape index (κ2) is 14.3. The van der Waals surface area contributed by atoms with Crippen molar-refractivity contribution in [1.82, 2.24) is 20.9 Å². The number of aromatic nitrogens is 1. The Labute approximate surface area is 225 Å². The van der Waals surface area contributed by atoms with E-state index in [1.165, 1.54) is 6.92 Å². The lowest BCUT2D eigenvalue weighted by atomic mass is 10.00. The number of nitrogens with two attached hydrogens (primary N) is 1. The summed E-state index contributed by atoms with van der Waals surface area (Å²) >= 11 is 0. The van der Waals surface area contributed by atoms with E-state index in [0.717, 1.165) is 10.9 Å². The number of aromatic amines is 1. The van der Waals surface area contributed by atoms with Gasteiger partial charge in [0, 0.05) is 29.9 Å². The predicted octanol–water partition coefficient (Wildman–Crippen LogP) is -0.132. The maximum atomic E-state index is 13.5. The Morgan fingerprint density at radius 3 is 2.08 bits per heavy atom. The maximum Gasteiger partial charge on any atom is 0.326 e. The van der Waals surface area contributed by atoms with Gasteiger partial charge in [-0.2, -0.15) is 0 Å². The third kappa shape index (κ3) is 9.37. The second-order valence-electron chi connectivity index (χ2n) is 9.91. The highest BCUT2D eigenvalue weighted by molar-refractivity contribution is 5.95. The molecule has 0 bridgehead atoms. The van der Waals surface area contributed by atoms with Crippen LogP contribution < -0.4 is 21.7 Å². The Hall–Kier alpha value is -3.97. The number of fused-ring (bicyclic) bond motifs is 1. The van der Waals surface area contributed by atoms with E-state index in [0.29, 0.717) is 5.56 Å². The summed E-state index contributed by atoms with van der Waals surface area (Å²) in [7, 11) is 0. The van der Waals surface area contributed by atoms with Gasteiger partial charge in [-0.25, -0.2) is 4.79 Å². The van der Waals surface area contributed by atoms with Crippen molar-refractivity contribution in [3.8, 4) is 0 Å². The fourth-order valence-corrected chi connectivity index (χ4v) is 3.99. The molecule has 214 valence electrons. The Bertz CT molecular complexity index is 1180. The molecule has 2 aromatic rings. The second-order valence-corrected chi connectivity index (χ2v) is 9.91. The van der Waals surface area contributed by atoms with Gasteiger partial charge in [0.1, 0.15) is 24.2 Å². The van der Waals surface area contributed by atoms with Crippen LogP contribution in [0.15, 0.2) is 30.5 Å². The summed E-state index contributed by atoms with van der Waals surface area (Å²) in [4.78, 5) is 64.7. The van der Waals surface area contributed by atoms with Gasteiger partial charge in [-0.3, -0.25) is 19.2 Å². The summed E-state index contributed by atoms with van der Waals surface area (Å²) in [6, 6.07) is 2.23. The van der Waals surface area contributed by atoms with Crippen molar-refractivity contribution in [1.29, 1.82) is 0 Å². The molecule has 39 heavy (non-hydrogen) atoms. The van der Waals surface area contributed by atoms with Gasteiger partial charge >= 0.3 is 11.9 Å². The third-order valence-electron chi connectivity index (χ3n) is 6.16. The molecular formula is C26H37N5O8. The molecule has 1 aromatic heterocycles. The van der Waals surface area contributed by atoms with Gasteiger partial charge in [0.2, 0.25) is 17.7 Å². The van der Waals surface area contributed by atoms with E-state index in [4.69, 9.17) is 10.8 Å². The van der Waals surface area contributed by atoms with Gasteiger partial charge in [0.05, 0.1) is 6.10 Å². The van der Waals surface area contributed by atoms with Gasteiger partial charge in [-0.05, 0) is 37.3 Å². The van der Waals surface area contributed by atoms with Crippen LogP contribution in [0.25, 0.3) is 10.9 Å². The normalized spacial score (nSPS) is 15.1. The molecule has 0 saturated heterocycles. The Balaban J connectivity index is 2.29. The number of carbonyl (C=O) groups excluding carboxylic acids is 3. The van der Waals surface area contributed by atoms with Gasteiger partial charge in [-0.15, -0.1) is 0 Å². The number of hydrogen-bond donors (Lipinski definition) is 8. The highest BCUT2D eigenvalue weighted by Gasteiger charge is 2.32. The Morgan fingerprint density at radius 2 is 1.49 bits per heavy atom. The molecule has 5 atom stereocenters. The number of carbonyl (C=O) groups is 5. The molecule has 0 saturated carbocycles. The molecule has 0 aliphatic carbocycles. The van der Waals surface area contributed by atoms with Crippen LogP contribution in [-0.4, -0.2) is 80.2 Å². The first kappa shape index (κ1) is 31.2. The van der Waals surface area contributed by atoms with E-state index >= 15 is 0 Å². The number of amides is 3. The number of carboxylic acids is 2. The standard InChI is InChI=1S/C26H37N5O8/c1-13(2)10-19(23(35)29-18(26(38)39)8-9-21(33)34)30-24(36)20(31-25(37)22(27)14(3)32)11-15-12-28-17-7-5-4-6-16(15)17/h4-7,12-14,18-20,22,28,32H,8-11,27H2,1-3H3,(H,29,35)(H,30,36)(H,31,37)(H,33,34)(H,38,39). The van der Waals surface area contributed by atoms with Crippen LogP contribution in [0.3, 0.4) is 0 Å². The quantitative estimate of drug-likeness (QED) is 0.148. The molecule has 1 aromatic carbocycles. The van der Waals surface area contributed by atoms with Gasteiger partial charge < -0.3 is 42.0 Å². The zero-order chi connectivity index (χ0) is 29.3. The lowest BCUT2D eigenvalue weighted by Gasteiger charge is -2.26. The van der Waals surface area contributed by atoms with Crippen molar-refractivity contribution in [3.63, 3.8) is 0 Å². The molecule has 0 aliphatic rings. The van der Waals surface area contributed by atoms with Crippen LogP contribution in [0.5, 0.6) is 0 Å². The van der Waals surface area contributed by atoms with Crippen molar-refractivity contribution < 1.29 is 39.3 Å². The predicted molar refractivity (Wildman–Crippen MR) is 141 cm³/mol. The minimum atomic E-state index is -1.47. The molecule has 0 aliphatic heterocycles. The Kier molecular flexibility index (Phi) is 11.4. The van der Waals surface area contributed by atoms with E-state index in [9.17, 15) is 34.2 Å². The summed E-state index contributed by atoms with van der Waals surface area (Å²) in [5.74, 6) is -5.00. The van der Waals surface area contributed by atoms with E-state index < -0.39 is 66.4 Å². The monoisotopic (exact) mass is 547 g/mol. The molecule has 13 nitrogen and oxygen atoms in total. The number of H-pyrrole nitrogens is 1. The Morgan fingerprint density at radius 1 is 0.897 bits per heavy atom. The van der Waals surface area contributed by atoms with Crippen molar-refractivity contribution >= 4 is 40.6 Å². The van der Waals surface area contributed by atoms with Crippen LogP contribution in [0.4, 0.5) is 0 Å². The van der Waals surface area contributed by atoms with E-state index in [-0.39, 0.29) is 25.2 Å². The summed E-state index contributed by atoms with van der Waals surface area (Å²) in [6.07, 6.45) is -0.121. The highest BCUT2D eigenvalue weighted by atomic mass is 16.4.